The lowest BCUT2D eigenvalue weighted by atomic mass is 9.84. The molecule has 0 unspecified atom stereocenters. The molecule has 3 aromatic rings. The number of guanidine groups is 1. The fourth-order valence-corrected chi connectivity index (χ4v) is 5.03. The molecule has 45 heavy (non-hydrogen) atoms. The Morgan fingerprint density at radius 1 is 0.956 bits per heavy atom. The van der Waals surface area contributed by atoms with Crippen LogP contribution in [0.1, 0.15) is 65.1 Å². The smallest absolute Gasteiger partial charge is 0.405 e. The number of rotatable bonds is 8. The molecule has 0 aliphatic heterocycles. The second kappa shape index (κ2) is 14.3. The summed E-state index contributed by atoms with van der Waals surface area (Å²) in [5, 5.41) is 16.2. The topological polar surface area (TPSA) is 193 Å². The summed E-state index contributed by atoms with van der Waals surface area (Å²) in [4.78, 5) is 30.8. The quantitative estimate of drug-likeness (QED) is 0.0977. The molecule has 234 valence electrons. The van der Waals surface area contributed by atoms with Crippen LogP contribution in [-0.2, 0) is 6.54 Å². The maximum Gasteiger partial charge on any atom is 0.573 e. The number of hydrogen-bond donors (Lipinski definition) is 5. The number of nitrogens with zero attached hydrogens (tertiary/aromatic N) is 4. The van der Waals surface area contributed by atoms with Gasteiger partial charge in [-0.3, -0.25) is 15.1 Å². The first-order chi connectivity index (χ1) is 21.5. The number of anilines is 2. The van der Waals surface area contributed by atoms with Crippen molar-refractivity contribution in [3.63, 3.8) is 0 Å². The normalized spacial score (nSPS) is 13.9. The number of nitrogens with one attached hydrogen (secondary N) is 4. The minimum Gasteiger partial charge on any atom is -0.405 e. The highest BCUT2D eigenvalue weighted by Gasteiger charge is 2.33. The van der Waals surface area contributed by atoms with Crippen molar-refractivity contribution in [1.29, 1.82) is 16.5 Å². The van der Waals surface area contributed by atoms with Crippen LogP contribution in [0.2, 0.25) is 0 Å². The standard InChI is InChI=1S/C30H30F3N9O3/c31-30(32,33)45-25-15-12-22(16-24(25)26(34)40-36)38-29(44)42(23-13-10-20(11-14-23)19-4-2-1-3-5-19)17-18-6-8-21(9-7-18)27(43)39-28(35)41-37/h6-16,19,34,36-37H,1-5,17H2,(H,38,44)(H2,35,39,43). The zero-order valence-electron chi connectivity index (χ0n) is 23.9. The highest BCUT2D eigenvalue weighted by molar-refractivity contribution is 6.04. The van der Waals surface area contributed by atoms with Gasteiger partial charge >= 0.3 is 12.4 Å². The summed E-state index contributed by atoms with van der Waals surface area (Å²) < 4.78 is 42.7. The Morgan fingerprint density at radius 3 is 2.22 bits per heavy atom. The van der Waals surface area contributed by atoms with E-state index in [1.807, 2.05) is 24.3 Å². The molecule has 0 spiro atoms. The van der Waals surface area contributed by atoms with E-state index in [9.17, 15) is 22.8 Å². The number of urea groups is 1. The van der Waals surface area contributed by atoms with Crippen molar-refractivity contribution in [3.05, 3.63) is 89.0 Å². The lowest BCUT2D eigenvalue weighted by molar-refractivity contribution is -0.274. The molecule has 3 aromatic carbocycles. The number of ether oxygens (including phenoxy) is 1. The van der Waals surface area contributed by atoms with Crippen LogP contribution in [0.3, 0.4) is 0 Å². The van der Waals surface area contributed by atoms with Crippen LogP contribution in [0.5, 0.6) is 5.75 Å². The average molecular weight is 622 g/mol. The van der Waals surface area contributed by atoms with E-state index in [0.29, 0.717) is 17.2 Å². The van der Waals surface area contributed by atoms with E-state index in [-0.39, 0.29) is 17.8 Å². The maximum atomic E-state index is 13.7. The lowest BCUT2D eigenvalue weighted by Gasteiger charge is -2.26. The molecule has 0 radical (unpaired) electrons. The molecule has 4 rings (SSSR count). The molecule has 1 saturated carbocycles. The molecule has 1 aliphatic rings. The zero-order chi connectivity index (χ0) is 32.6. The van der Waals surface area contributed by atoms with Gasteiger partial charge < -0.3 is 15.8 Å². The Bertz CT molecular complexity index is 1600. The third-order valence-electron chi connectivity index (χ3n) is 7.22. The molecule has 6 N–H and O–H groups in total. The predicted molar refractivity (Wildman–Crippen MR) is 160 cm³/mol. The monoisotopic (exact) mass is 621 g/mol. The second-order valence-electron chi connectivity index (χ2n) is 10.2. The summed E-state index contributed by atoms with van der Waals surface area (Å²) in [6.45, 7) is 0.0382. The van der Waals surface area contributed by atoms with Crippen LogP contribution in [0.15, 0.2) is 82.0 Å². The first-order valence-corrected chi connectivity index (χ1v) is 13.9. The molecule has 1 fully saturated rings. The van der Waals surface area contributed by atoms with Gasteiger partial charge in [0.25, 0.3) is 5.91 Å². The summed E-state index contributed by atoms with van der Waals surface area (Å²) in [5.41, 5.74) is 21.4. The fourth-order valence-electron chi connectivity index (χ4n) is 5.03. The van der Waals surface area contributed by atoms with Crippen molar-refractivity contribution in [2.75, 3.05) is 10.2 Å². The average Bonchev–Trinajstić information content (AvgIpc) is 3.04. The summed E-state index contributed by atoms with van der Waals surface area (Å²) in [6.07, 6.45) is 0.682. The molecule has 12 nitrogen and oxygen atoms in total. The van der Waals surface area contributed by atoms with Gasteiger partial charge in [0, 0.05) is 16.9 Å². The first kappa shape index (κ1) is 32.4. The van der Waals surface area contributed by atoms with Gasteiger partial charge in [0.1, 0.15) is 5.75 Å². The number of alkyl halides is 3. The molecule has 0 saturated heterocycles. The predicted octanol–water partition coefficient (Wildman–Crippen LogP) is 7.71. The molecule has 0 aromatic heterocycles. The van der Waals surface area contributed by atoms with Crippen LogP contribution in [-0.4, -0.2) is 30.1 Å². The van der Waals surface area contributed by atoms with Crippen LogP contribution in [0, 0.1) is 16.5 Å². The third kappa shape index (κ3) is 8.78. The Balaban J connectivity index is 1.63. The minimum atomic E-state index is -5.04. The van der Waals surface area contributed by atoms with Gasteiger partial charge in [-0.25, -0.2) is 15.9 Å². The van der Waals surface area contributed by atoms with Crippen molar-refractivity contribution in [1.82, 2.24) is 0 Å². The van der Waals surface area contributed by atoms with Crippen molar-refractivity contribution < 1.29 is 27.5 Å². The number of nitrogens with two attached hydrogens (primary N) is 1. The zero-order valence-corrected chi connectivity index (χ0v) is 23.9. The number of benzene rings is 3. The van der Waals surface area contributed by atoms with E-state index >= 15 is 0 Å². The van der Waals surface area contributed by atoms with Crippen LogP contribution in [0.4, 0.5) is 29.3 Å². The number of hydrogen-bond acceptors (Lipinski definition) is 6. The van der Waals surface area contributed by atoms with Gasteiger partial charge in [-0.1, -0.05) is 43.5 Å². The Morgan fingerprint density at radius 2 is 1.62 bits per heavy atom. The summed E-state index contributed by atoms with van der Waals surface area (Å²) in [7, 11) is 0. The lowest BCUT2D eigenvalue weighted by Crippen LogP contribution is -2.34. The van der Waals surface area contributed by atoms with Gasteiger partial charge in [0.05, 0.1) is 12.1 Å². The van der Waals surface area contributed by atoms with Crippen molar-refractivity contribution in [3.8, 4) is 5.75 Å². The third-order valence-corrected chi connectivity index (χ3v) is 7.22. The molecule has 15 heteroatoms. The first-order valence-electron chi connectivity index (χ1n) is 13.9. The van der Waals surface area contributed by atoms with Crippen molar-refractivity contribution in [2.45, 2.75) is 50.9 Å². The van der Waals surface area contributed by atoms with Gasteiger partial charge in [-0.15, -0.1) is 23.4 Å². The maximum absolute atomic E-state index is 13.7. The molecule has 3 amide bonds. The van der Waals surface area contributed by atoms with Crippen LogP contribution in [0.25, 0.3) is 0 Å². The van der Waals surface area contributed by atoms with Gasteiger partial charge in [0.2, 0.25) is 5.96 Å². The van der Waals surface area contributed by atoms with E-state index in [0.717, 1.165) is 37.8 Å². The number of carbonyl (C=O) groups excluding carboxylic acids is 2. The summed E-state index contributed by atoms with van der Waals surface area (Å²) in [6, 6.07) is 16.4. The SMILES string of the molecule is N=NC(=N)c1cc(NC(=O)N(Cc2ccc(C(=O)N=C(N)N=N)cc2)c2ccc(C3CCCCC3)cc2)ccc1OC(F)(F)F. The number of halogens is 3. The van der Waals surface area contributed by atoms with Crippen LogP contribution < -0.4 is 20.7 Å². The number of amidine groups is 1. The van der Waals surface area contributed by atoms with E-state index in [1.165, 1.54) is 35.1 Å². The van der Waals surface area contributed by atoms with Gasteiger partial charge in [-0.2, -0.15) is 4.99 Å². The van der Waals surface area contributed by atoms with Crippen molar-refractivity contribution >= 4 is 35.1 Å². The molecule has 0 bridgehead atoms. The number of aliphatic imine (C=N–C) groups is 1. The Kier molecular flexibility index (Phi) is 10.3. The molecular weight excluding hydrogens is 591 g/mol. The van der Waals surface area contributed by atoms with E-state index in [4.69, 9.17) is 22.2 Å². The van der Waals surface area contributed by atoms with Gasteiger partial charge in [-0.05, 0) is 72.4 Å². The number of carbonyl (C=O) groups is 2. The largest absolute Gasteiger partial charge is 0.573 e. The highest BCUT2D eigenvalue weighted by atomic mass is 19.4. The molecule has 1 aliphatic carbocycles. The molecule has 0 atom stereocenters. The van der Waals surface area contributed by atoms with E-state index in [1.54, 1.807) is 12.1 Å². The second-order valence-corrected chi connectivity index (χ2v) is 10.2. The van der Waals surface area contributed by atoms with Crippen LogP contribution >= 0.6 is 0 Å². The molecule has 0 heterocycles. The Labute approximate surface area is 256 Å². The van der Waals surface area contributed by atoms with Gasteiger partial charge in [0.15, 0.2) is 5.84 Å². The summed E-state index contributed by atoms with van der Waals surface area (Å²) in [5.74, 6) is -2.28. The number of amides is 3. The minimum absolute atomic E-state index is 0.0382. The van der Waals surface area contributed by atoms with E-state index in [2.05, 4.69) is 25.3 Å². The fraction of sp³-hybridized carbons (Fsp3) is 0.267. The Hall–Kier alpha value is -5.47. The molecular formula is C30H30F3N9O3. The van der Waals surface area contributed by atoms with E-state index < -0.39 is 41.4 Å². The summed E-state index contributed by atoms with van der Waals surface area (Å²) >= 11 is 0. The highest BCUT2D eigenvalue weighted by Crippen LogP contribution is 2.34. The van der Waals surface area contributed by atoms with Crippen molar-refractivity contribution in [2.24, 2.45) is 21.0 Å².